The molecule has 3 aliphatic rings. The normalized spacial score (nSPS) is 24.3. The topological polar surface area (TPSA) is 171 Å². The fraction of sp³-hybridized carbons (Fsp3) is 0.774. The van der Waals surface area contributed by atoms with Gasteiger partial charge in [0.2, 0.25) is 17.6 Å². The number of Topliss-reactive ketones (excluding diaryl/α,β-unsaturated/α-hetero) is 1. The van der Waals surface area contributed by atoms with Crippen molar-refractivity contribution in [1.29, 1.82) is 0 Å². The minimum Gasteiger partial charge on any atom is -0.348 e. The third-order valence-corrected chi connectivity index (χ3v) is 10.1. The van der Waals surface area contributed by atoms with E-state index in [1.165, 1.54) is 0 Å². The molecule has 2 saturated carbocycles. The second-order valence-corrected chi connectivity index (χ2v) is 16.6. The summed E-state index contributed by atoms with van der Waals surface area (Å²) in [5, 5.41) is 10.9. The average molecular weight is 638 g/mol. The molecular weight excluding hydrogens is 586 g/mol. The van der Waals surface area contributed by atoms with Crippen LogP contribution in [0.1, 0.15) is 79.6 Å². The van der Waals surface area contributed by atoms with Crippen LogP contribution in [0.2, 0.25) is 0 Å². The molecule has 44 heavy (non-hydrogen) atoms. The Balaban J connectivity index is 1.82. The first-order valence-corrected chi connectivity index (χ1v) is 17.7. The summed E-state index contributed by atoms with van der Waals surface area (Å²) < 4.78 is 22.9. The molecule has 1 unspecified atom stereocenters. The maximum Gasteiger partial charge on any atom is 0.315 e. The van der Waals surface area contributed by atoms with Crippen LogP contribution in [0.25, 0.3) is 0 Å². The minimum absolute atomic E-state index is 0.0619. The van der Waals surface area contributed by atoms with Gasteiger partial charge in [0.1, 0.15) is 21.9 Å². The van der Waals surface area contributed by atoms with Gasteiger partial charge in [0.25, 0.3) is 5.91 Å². The smallest absolute Gasteiger partial charge is 0.315 e. The van der Waals surface area contributed by atoms with E-state index in [1.54, 1.807) is 11.0 Å². The number of nitrogens with zero attached hydrogens (tertiary/aromatic N) is 1. The van der Waals surface area contributed by atoms with E-state index in [0.29, 0.717) is 13.0 Å². The van der Waals surface area contributed by atoms with Crippen molar-refractivity contribution in [1.82, 2.24) is 26.2 Å². The van der Waals surface area contributed by atoms with E-state index in [-0.39, 0.29) is 47.8 Å². The molecule has 5 amide bonds. The first-order valence-electron chi connectivity index (χ1n) is 15.7. The van der Waals surface area contributed by atoms with E-state index in [9.17, 15) is 32.4 Å². The lowest BCUT2D eigenvalue weighted by Crippen LogP contribution is -2.61. The van der Waals surface area contributed by atoms with Crippen molar-refractivity contribution < 1.29 is 32.4 Å². The Morgan fingerprint density at radius 1 is 1.05 bits per heavy atom. The Morgan fingerprint density at radius 3 is 2.25 bits per heavy atom. The molecular formula is C31H51N5O7S. The number of sulfone groups is 1. The highest BCUT2D eigenvalue weighted by atomic mass is 32.2. The number of hydrogen-bond donors (Lipinski definition) is 4. The first kappa shape index (κ1) is 35.5. The fourth-order valence-corrected chi connectivity index (χ4v) is 7.24. The second-order valence-electron chi connectivity index (χ2n) is 14.3. The highest BCUT2D eigenvalue weighted by Crippen LogP contribution is 2.65. The quantitative estimate of drug-likeness (QED) is 0.176. The largest absolute Gasteiger partial charge is 0.348 e. The van der Waals surface area contributed by atoms with Crippen LogP contribution in [0.3, 0.4) is 0 Å². The zero-order valence-electron chi connectivity index (χ0n) is 27.0. The second kappa shape index (κ2) is 14.0. The summed E-state index contributed by atoms with van der Waals surface area (Å²) in [5.41, 5.74) is -0.699. The number of rotatable bonds is 13. The van der Waals surface area contributed by atoms with Crippen molar-refractivity contribution in [3.05, 3.63) is 12.7 Å². The minimum atomic E-state index is -3.35. The van der Waals surface area contributed by atoms with Crippen LogP contribution in [0.4, 0.5) is 4.79 Å². The predicted octanol–water partition coefficient (Wildman–Crippen LogP) is 1.70. The van der Waals surface area contributed by atoms with E-state index in [2.05, 4.69) is 27.8 Å². The lowest BCUT2D eigenvalue weighted by Gasteiger charge is -2.37. The van der Waals surface area contributed by atoms with E-state index >= 15 is 0 Å². The zero-order valence-corrected chi connectivity index (χ0v) is 27.8. The van der Waals surface area contributed by atoms with Crippen molar-refractivity contribution in [3.8, 4) is 0 Å². The van der Waals surface area contributed by atoms with Crippen LogP contribution in [0.5, 0.6) is 0 Å². The molecule has 1 heterocycles. The molecule has 248 valence electrons. The molecule has 0 spiro atoms. The Bertz CT molecular complexity index is 1240. The Labute approximate surface area is 261 Å². The van der Waals surface area contributed by atoms with Crippen LogP contribution in [0.15, 0.2) is 12.7 Å². The molecule has 0 aromatic carbocycles. The van der Waals surface area contributed by atoms with Gasteiger partial charge in [-0.05, 0) is 69.6 Å². The summed E-state index contributed by atoms with van der Waals surface area (Å²) in [5.74, 6) is -3.15. The number of nitrogens with one attached hydrogen (secondary N) is 4. The number of fused-ring (bicyclic) bond motifs is 1. The average Bonchev–Trinajstić information content (AvgIpc) is 3.24. The monoisotopic (exact) mass is 637 g/mol. The van der Waals surface area contributed by atoms with Crippen LogP contribution < -0.4 is 21.3 Å². The van der Waals surface area contributed by atoms with Crippen molar-refractivity contribution in [3.63, 3.8) is 0 Å². The molecule has 0 radical (unpaired) electrons. The number of allylic oxidation sites excluding steroid dienone is 1. The number of ketones is 1. The third-order valence-electron chi connectivity index (χ3n) is 9.20. The lowest BCUT2D eigenvalue weighted by atomic mass is 9.83. The Hall–Kier alpha value is -2.96. The van der Waals surface area contributed by atoms with Gasteiger partial charge in [-0.3, -0.25) is 19.2 Å². The highest BCUT2D eigenvalue weighted by molar-refractivity contribution is 7.90. The number of hydrogen-bond acceptors (Lipinski definition) is 7. The van der Waals surface area contributed by atoms with E-state index in [1.807, 2.05) is 34.6 Å². The van der Waals surface area contributed by atoms with Gasteiger partial charge >= 0.3 is 6.03 Å². The molecule has 5 atom stereocenters. The Morgan fingerprint density at radius 2 is 1.68 bits per heavy atom. The summed E-state index contributed by atoms with van der Waals surface area (Å²) in [4.78, 5) is 68.4. The van der Waals surface area contributed by atoms with Gasteiger partial charge in [0.05, 0.1) is 11.8 Å². The maximum absolute atomic E-state index is 14.2. The van der Waals surface area contributed by atoms with Crippen LogP contribution in [-0.4, -0.2) is 91.6 Å². The van der Waals surface area contributed by atoms with Crippen molar-refractivity contribution in [2.24, 2.45) is 23.2 Å². The highest BCUT2D eigenvalue weighted by Gasteiger charge is 2.69. The SMILES string of the molecule is C=CCCC(NC(=O)[C@@H]1[C@@H]2[C@H](CN1C(=O)[C@@H](NC(=O)NC(C)(C)C)C1CCCCC1)C2(C)C)C(=O)C(=O)NCCS(C)(=O)=O. The van der Waals surface area contributed by atoms with E-state index in [0.717, 1.165) is 38.4 Å². The predicted molar refractivity (Wildman–Crippen MR) is 167 cm³/mol. The summed E-state index contributed by atoms with van der Waals surface area (Å²) in [6.07, 6.45) is 7.63. The van der Waals surface area contributed by atoms with Crippen LogP contribution in [-0.2, 0) is 29.0 Å². The molecule has 0 aromatic heterocycles. The van der Waals surface area contributed by atoms with Gasteiger partial charge in [-0.15, -0.1) is 6.58 Å². The van der Waals surface area contributed by atoms with Gasteiger partial charge in [0.15, 0.2) is 0 Å². The molecule has 3 fully saturated rings. The third kappa shape index (κ3) is 9.04. The molecule has 13 heteroatoms. The first-order chi connectivity index (χ1) is 20.4. The Kier molecular flexibility index (Phi) is 11.3. The maximum atomic E-state index is 14.2. The summed E-state index contributed by atoms with van der Waals surface area (Å²) in [6, 6.07) is -3.29. The van der Waals surface area contributed by atoms with Crippen LogP contribution in [0, 0.1) is 23.2 Å². The number of urea groups is 1. The van der Waals surface area contributed by atoms with Gasteiger partial charge in [0, 0.05) is 24.9 Å². The summed E-state index contributed by atoms with van der Waals surface area (Å²) in [7, 11) is -3.35. The molecule has 0 bridgehead atoms. The van der Waals surface area contributed by atoms with E-state index in [4.69, 9.17) is 0 Å². The van der Waals surface area contributed by atoms with Gasteiger partial charge in [-0.25, -0.2) is 13.2 Å². The van der Waals surface area contributed by atoms with Gasteiger partial charge in [-0.2, -0.15) is 0 Å². The standard InChI is InChI=1S/C31H51N5O7S/c1-8-9-15-21(25(37)27(39)32-16-17-44(7,42)43)33-26(38)24-22-20(31(22,5)6)18-36(24)28(40)23(19-13-11-10-12-14-19)34-29(41)35-30(2,3)4/h8,19-24H,1,9-18H2,2-7H3,(H,32,39)(H,33,38)(H2,34,35,41)/t20-,21?,22-,23-,24-/m0/s1. The number of carbonyl (C=O) groups excluding carboxylic acids is 5. The van der Waals surface area contributed by atoms with Crippen LogP contribution >= 0.6 is 0 Å². The van der Waals surface area contributed by atoms with Crippen molar-refractivity contribution >= 4 is 39.4 Å². The molecule has 0 aromatic rings. The molecule has 2 aliphatic carbocycles. The molecule has 1 saturated heterocycles. The molecule has 1 aliphatic heterocycles. The van der Waals surface area contributed by atoms with Crippen molar-refractivity contribution in [2.45, 2.75) is 103 Å². The number of carbonyl (C=O) groups is 5. The van der Waals surface area contributed by atoms with E-state index < -0.39 is 57.1 Å². The summed E-state index contributed by atoms with van der Waals surface area (Å²) >= 11 is 0. The van der Waals surface area contributed by atoms with Crippen molar-refractivity contribution in [2.75, 3.05) is 25.1 Å². The van der Waals surface area contributed by atoms with Gasteiger partial charge in [-0.1, -0.05) is 39.2 Å². The number of piperidine rings is 1. The molecule has 3 rings (SSSR count). The molecule has 4 N–H and O–H groups in total. The number of likely N-dealkylation sites (tertiary alicyclic amines) is 1. The molecule has 12 nitrogen and oxygen atoms in total. The summed E-state index contributed by atoms with van der Waals surface area (Å²) in [6.45, 7) is 13.5. The zero-order chi connectivity index (χ0) is 33.0. The fourth-order valence-electron chi connectivity index (χ4n) is 6.76. The van der Waals surface area contributed by atoms with Gasteiger partial charge < -0.3 is 26.2 Å². The number of amides is 5. The lowest BCUT2D eigenvalue weighted by molar-refractivity contribution is -0.144.